The third kappa shape index (κ3) is 3.84. The summed E-state index contributed by atoms with van der Waals surface area (Å²) >= 11 is 0. The van der Waals surface area contributed by atoms with Crippen LogP contribution < -0.4 is 9.64 Å². The lowest BCUT2D eigenvalue weighted by Crippen LogP contribution is -2.23. The lowest BCUT2D eigenvalue weighted by atomic mass is 10.1. The van der Waals surface area contributed by atoms with Crippen molar-refractivity contribution in [2.24, 2.45) is 0 Å². The Morgan fingerprint density at radius 2 is 2.04 bits per heavy atom. The molecular formula is C21H21N3O3. The van der Waals surface area contributed by atoms with E-state index < -0.39 is 0 Å². The van der Waals surface area contributed by atoms with Crippen molar-refractivity contribution >= 4 is 11.6 Å². The van der Waals surface area contributed by atoms with Gasteiger partial charge in [0.2, 0.25) is 11.7 Å². The average Bonchev–Trinajstić information content (AvgIpc) is 3.36. The largest absolute Gasteiger partial charge is 0.484 e. The standard InChI is InChI=1S/C21H21N3O3/c1-2-15-8-10-16(11-9-15)21-22-19(27-23-21)14-26-18-6-3-5-17(13-18)24-12-4-7-20(24)25/h3,5-6,8-11,13H,2,4,7,12,14H2,1H3. The predicted molar refractivity (Wildman–Crippen MR) is 101 cm³/mol. The van der Waals surface area contributed by atoms with Crippen LogP contribution in [0.2, 0.25) is 0 Å². The van der Waals surface area contributed by atoms with Gasteiger partial charge in [0, 0.05) is 30.3 Å². The number of carbonyl (C=O) groups is 1. The van der Waals surface area contributed by atoms with Crippen molar-refractivity contribution in [3.63, 3.8) is 0 Å². The summed E-state index contributed by atoms with van der Waals surface area (Å²) < 4.78 is 11.1. The van der Waals surface area contributed by atoms with Gasteiger partial charge in [0.05, 0.1) is 0 Å². The first-order chi connectivity index (χ1) is 13.2. The first kappa shape index (κ1) is 17.3. The van der Waals surface area contributed by atoms with Crippen molar-refractivity contribution in [1.29, 1.82) is 0 Å². The number of hydrogen-bond acceptors (Lipinski definition) is 5. The Balaban J connectivity index is 1.42. The molecule has 0 atom stereocenters. The van der Waals surface area contributed by atoms with Crippen LogP contribution in [0.1, 0.15) is 31.2 Å². The molecule has 0 N–H and O–H groups in total. The molecule has 27 heavy (non-hydrogen) atoms. The summed E-state index contributed by atoms with van der Waals surface area (Å²) in [7, 11) is 0. The highest BCUT2D eigenvalue weighted by Gasteiger charge is 2.21. The van der Waals surface area contributed by atoms with Gasteiger partial charge in [-0.2, -0.15) is 4.98 Å². The van der Waals surface area contributed by atoms with E-state index in [2.05, 4.69) is 29.2 Å². The second-order valence-electron chi connectivity index (χ2n) is 6.50. The molecule has 0 saturated carbocycles. The van der Waals surface area contributed by atoms with Crippen LogP contribution in [0.25, 0.3) is 11.4 Å². The lowest BCUT2D eigenvalue weighted by Gasteiger charge is -2.16. The van der Waals surface area contributed by atoms with E-state index in [1.165, 1.54) is 5.56 Å². The summed E-state index contributed by atoms with van der Waals surface area (Å²) in [6, 6.07) is 15.6. The monoisotopic (exact) mass is 363 g/mol. The fourth-order valence-corrected chi connectivity index (χ4v) is 3.13. The number of aromatic nitrogens is 2. The molecule has 0 unspecified atom stereocenters. The number of benzene rings is 2. The van der Waals surface area contributed by atoms with Gasteiger partial charge in [0.25, 0.3) is 5.89 Å². The van der Waals surface area contributed by atoms with Gasteiger partial charge in [-0.1, -0.05) is 42.4 Å². The molecule has 1 aliphatic rings. The number of carbonyl (C=O) groups excluding carboxylic acids is 1. The molecule has 6 nitrogen and oxygen atoms in total. The molecule has 0 radical (unpaired) electrons. The Morgan fingerprint density at radius 3 is 2.78 bits per heavy atom. The van der Waals surface area contributed by atoms with Gasteiger partial charge in [-0.05, 0) is 30.5 Å². The molecule has 0 bridgehead atoms. The van der Waals surface area contributed by atoms with Crippen molar-refractivity contribution in [3.05, 3.63) is 60.0 Å². The summed E-state index contributed by atoms with van der Waals surface area (Å²) in [5.74, 6) is 1.78. The van der Waals surface area contributed by atoms with Crippen molar-refractivity contribution in [2.45, 2.75) is 32.8 Å². The topological polar surface area (TPSA) is 68.5 Å². The van der Waals surface area contributed by atoms with E-state index in [0.717, 1.165) is 30.6 Å². The van der Waals surface area contributed by atoms with Gasteiger partial charge in [0.15, 0.2) is 6.61 Å². The van der Waals surface area contributed by atoms with Crippen molar-refractivity contribution in [3.8, 4) is 17.1 Å². The van der Waals surface area contributed by atoms with Gasteiger partial charge in [-0.25, -0.2) is 0 Å². The molecule has 0 aliphatic carbocycles. The average molecular weight is 363 g/mol. The highest BCUT2D eigenvalue weighted by Crippen LogP contribution is 2.26. The molecule has 2 heterocycles. The lowest BCUT2D eigenvalue weighted by molar-refractivity contribution is -0.117. The number of nitrogens with zero attached hydrogens (tertiary/aromatic N) is 3. The van der Waals surface area contributed by atoms with E-state index in [1.807, 2.05) is 36.4 Å². The van der Waals surface area contributed by atoms with E-state index in [9.17, 15) is 4.79 Å². The quantitative estimate of drug-likeness (QED) is 0.662. The van der Waals surface area contributed by atoms with E-state index in [0.29, 0.717) is 23.9 Å². The van der Waals surface area contributed by atoms with E-state index in [-0.39, 0.29) is 12.5 Å². The first-order valence-corrected chi connectivity index (χ1v) is 9.18. The zero-order valence-electron chi connectivity index (χ0n) is 15.2. The fraction of sp³-hybridized carbons (Fsp3) is 0.286. The summed E-state index contributed by atoms with van der Waals surface area (Å²) in [6.07, 6.45) is 2.50. The maximum absolute atomic E-state index is 11.9. The van der Waals surface area contributed by atoms with E-state index >= 15 is 0 Å². The molecule has 4 rings (SSSR count). The molecule has 1 aromatic heterocycles. The first-order valence-electron chi connectivity index (χ1n) is 9.18. The van der Waals surface area contributed by atoms with Crippen LogP contribution in [0.3, 0.4) is 0 Å². The van der Waals surface area contributed by atoms with Crippen LogP contribution in [-0.2, 0) is 17.8 Å². The fourth-order valence-electron chi connectivity index (χ4n) is 3.13. The minimum Gasteiger partial charge on any atom is -0.484 e. The van der Waals surface area contributed by atoms with Crippen LogP contribution in [0.15, 0.2) is 53.1 Å². The van der Waals surface area contributed by atoms with E-state index in [4.69, 9.17) is 9.26 Å². The molecule has 1 amide bonds. The molecule has 1 saturated heterocycles. The smallest absolute Gasteiger partial charge is 0.264 e. The van der Waals surface area contributed by atoms with Crippen LogP contribution in [0.4, 0.5) is 5.69 Å². The molecule has 1 aliphatic heterocycles. The Bertz CT molecular complexity index is 934. The minimum atomic E-state index is 0.155. The summed E-state index contributed by atoms with van der Waals surface area (Å²) in [4.78, 5) is 18.1. The van der Waals surface area contributed by atoms with Crippen LogP contribution in [0, 0.1) is 0 Å². The van der Waals surface area contributed by atoms with Crippen molar-refractivity contribution < 1.29 is 14.1 Å². The normalized spacial score (nSPS) is 14.0. The Hall–Kier alpha value is -3.15. The van der Waals surface area contributed by atoms with E-state index in [1.54, 1.807) is 4.90 Å². The Labute approximate surface area is 157 Å². The molecule has 3 aromatic rings. The van der Waals surface area contributed by atoms with Gasteiger partial charge in [0.1, 0.15) is 5.75 Å². The molecular weight excluding hydrogens is 342 g/mol. The molecule has 138 valence electrons. The summed E-state index contributed by atoms with van der Waals surface area (Å²) in [5.41, 5.74) is 3.04. The number of aryl methyl sites for hydroxylation is 1. The van der Waals surface area contributed by atoms with Gasteiger partial charge < -0.3 is 14.2 Å². The number of rotatable bonds is 6. The zero-order valence-corrected chi connectivity index (χ0v) is 15.2. The third-order valence-electron chi connectivity index (χ3n) is 4.65. The van der Waals surface area contributed by atoms with Gasteiger partial charge in [-0.15, -0.1) is 0 Å². The molecule has 1 fully saturated rings. The number of anilines is 1. The third-order valence-corrected chi connectivity index (χ3v) is 4.65. The van der Waals surface area contributed by atoms with Gasteiger partial charge >= 0.3 is 0 Å². The summed E-state index contributed by atoms with van der Waals surface area (Å²) in [5, 5.41) is 4.03. The number of ether oxygens (including phenoxy) is 1. The molecule has 0 spiro atoms. The number of amides is 1. The second kappa shape index (κ2) is 7.61. The minimum absolute atomic E-state index is 0.155. The number of hydrogen-bond donors (Lipinski definition) is 0. The molecule has 2 aromatic carbocycles. The predicted octanol–water partition coefficient (Wildman–Crippen LogP) is 4.00. The van der Waals surface area contributed by atoms with Crippen molar-refractivity contribution in [1.82, 2.24) is 10.1 Å². The van der Waals surface area contributed by atoms with Crippen molar-refractivity contribution in [2.75, 3.05) is 11.4 Å². The highest BCUT2D eigenvalue weighted by atomic mass is 16.5. The second-order valence-corrected chi connectivity index (χ2v) is 6.50. The maximum Gasteiger partial charge on any atom is 0.264 e. The highest BCUT2D eigenvalue weighted by molar-refractivity contribution is 5.95. The van der Waals surface area contributed by atoms with Crippen LogP contribution in [-0.4, -0.2) is 22.6 Å². The summed E-state index contributed by atoms with van der Waals surface area (Å²) in [6.45, 7) is 3.05. The maximum atomic E-state index is 11.9. The molecule has 6 heteroatoms. The van der Waals surface area contributed by atoms with Crippen LogP contribution in [0.5, 0.6) is 5.75 Å². The zero-order chi connectivity index (χ0) is 18.6. The Kier molecular flexibility index (Phi) is 4.87. The SMILES string of the molecule is CCc1ccc(-c2noc(COc3cccc(N4CCCC4=O)c3)n2)cc1. The Morgan fingerprint density at radius 1 is 1.19 bits per heavy atom. The van der Waals surface area contributed by atoms with Crippen LogP contribution >= 0.6 is 0 Å². The van der Waals surface area contributed by atoms with Gasteiger partial charge in [-0.3, -0.25) is 4.79 Å².